The number of nitrogens with zero attached hydrogens (tertiary/aromatic N) is 1. The number of carbonyl (C=O) groups excluding carboxylic acids is 2. The molecule has 0 unspecified atom stereocenters. The van der Waals surface area contributed by atoms with Crippen LogP contribution >= 0.6 is 0 Å². The summed E-state index contributed by atoms with van der Waals surface area (Å²) >= 11 is 0. The molecule has 0 fully saturated rings. The van der Waals surface area contributed by atoms with Gasteiger partial charge >= 0.3 is 11.9 Å². The summed E-state index contributed by atoms with van der Waals surface area (Å²) in [4.78, 5) is 27.4. The van der Waals surface area contributed by atoms with Gasteiger partial charge in [0.2, 0.25) is 0 Å². The molecule has 1 aromatic rings. The Morgan fingerprint density at radius 2 is 2.00 bits per heavy atom. The Morgan fingerprint density at radius 3 is 2.56 bits per heavy atom. The van der Waals surface area contributed by atoms with E-state index in [4.69, 9.17) is 5.73 Å². The Bertz CT molecular complexity index is 510. The Labute approximate surface area is 102 Å². The van der Waals surface area contributed by atoms with E-state index in [2.05, 4.69) is 14.7 Å². The molecule has 0 saturated carbocycles. The molecule has 2 N–H and O–H groups in total. The second kappa shape index (κ2) is 5.76. The second-order valence-electron chi connectivity index (χ2n) is 3.27. The molecule has 96 valence electrons. The molecule has 0 aliphatic heterocycles. The number of halogens is 1. The van der Waals surface area contributed by atoms with Crippen molar-refractivity contribution in [3.63, 3.8) is 0 Å². The predicted octanol–water partition coefficient (Wildman–Crippen LogP) is 1.06. The normalized spacial score (nSPS) is 10.9. The fourth-order valence-corrected chi connectivity index (χ4v) is 1.17. The number of rotatable bonds is 3. The van der Waals surface area contributed by atoms with Crippen LogP contribution in [0.4, 0.5) is 4.39 Å². The lowest BCUT2D eigenvalue weighted by molar-refractivity contribution is 0.0492. The van der Waals surface area contributed by atoms with Crippen molar-refractivity contribution >= 4 is 17.8 Å². The molecule has 0 aliphatic rings. The number of amidine groups is 1. The van der Waals surface area contributed by atoms with Gasteiger partial charge < -0.3 is 15.3 Å². The van der Waals surface area contributed by atoms with Crippen molar-refractivity contribution in [3.05, 3.63) is 35.1 Å². The first-order valence-electron chi connectivity index (χ1n) is 4.85. The van der Waals surface area contributed by atoms with Crippen molar-refractivity contribution in [2.45, 2.75) is 6.92 Å². The van der Waals surface area contributed by atoms with Crippen LogP contribution < -0.4 is 5.73 Å². The van der Waals surface area contributed by atoms with Crippen LogP contribution in [0.2, 0.25) is 0 Å². The number of carbonyl (C=O) groups is 2. The maximum atomic E-state index is 13.5. The van der Waals surface area contributed by atoms with E-state index >= 15 is 0 Å². The van der Waals surface area contributed by atoms with Crippen molar-refractivity contribution in [2.75, 3.05) is 7.11 Å². The molecule has 6 nitrogen and oxygen atoms in total. The number of methoxy groups -OCH3 is 1. The zero-order chi connectivity index (χ0) is 13.7. The Morgan fingerprint density at radius 1 is 1.33 bits per heavy atom. The SMILES string of the molecule is COC(=O)c1c(F)cccc1C(=O)O/N=C(\C)N. The zero-order valence-corrected chi connectivity index (χ0v) is 9.77. The zero-order valence-electron chi connectivity index (χ0n) is 9.77. The minimum absolute atomic E-state index is 0.0133. The second-order valence-corrected chi connectivity index (χ2v) is 3.27. The first kappa shape index (κ1) is 13.6. The molecular weight excluding hydrogens is 243 g/mol. The summed E-state index contributed by atoms with van der Waals surface area (Å²) in [6.07, 6.45) is 0. The van der Waals surface area contributed by atoms with Gasteiger partial charge in [-0.1, -0.05) is 11.2 Å². The Balaban J connectivity index is 3.16. The van der Waals surface area contributed by atoms with Crippen molar-refractivity contribution in [2.24, 2.45) is 10.9 Å². The third-order valence-corrected chi connectivity index (χ3v) is 1.90. The van der Waals surface area contributed by atoms with Crippen LogP contribution in [0.5, 0.6) is 0 Å². The molecule has 0 spiro atoms. The highest BCUT2D eigenvalue weighted by atomic mass is 19.1. The van der Waals surface area contributed by atoms with Gasteiger partial charge in [0, 0.05) is 0 Å². The molecule has 7 heteroatoms. The largest absolute Gasteiger partial charge is 0.465 e. The highest BCUT2D eigenvalue weighted by molar-refractivity contribution is 6.03. The van der Waals surface area contributed by atoms with Crippen molar-refractivity contribution < 1.29 is 23.6 Å². The molecule has 1 rings (SSSR count). The molecule has 0 heterocycles. The van der Waals surface area contributed by atoms with Gasteiger partial charge in [-0.3, -0.25) is 0 Å². The standard InChI is InChI=1S/C11H11FN2O4/c1-6(13)14-18-10(15)7-4-3-5-8(12)9(7)11(16)17-2/h3-5H,1-2H3,(H2,13,14). The molecule has 0 aliphatic carbocycles. The van der Waals surface area contributed by atoms with E-state index in [-0.39, 0.29) is 11.4 Å². The lowest BCUT2D eigenvalue weighted by Crippen LogP contribution is -2.15. The van der Waals surface area contributed by atoms with E-state index in [1.165, 1.54) is 19.1 Å². The van der Waals surface area contributed by atoms with Crippen LogP contribution in [0.1, 0.15) is 27.6 Å². The molecule has 0 bridgehead atoms. The summed E-state index contributed by atoms with van der Waals surface area (Å²) in [6.45, 7) is 1.40. The average Bonchev–Trinajstić information content (AvgIpc) is 2.34. The number of hydrogen-bond donors (Lipinski definition) is 1. The molecule has 18 heavy (non-hydrogen) atoms. The van der Waals surface area contributed by atoms with Crippen molar-refractivity contribution in [1.82, 2.24) is 0 Å². The van der Waals surface area contributed by atoms with Crippen LogP contribution in [0, 0.1) is 5.82 Å². The summed E-state index contributed by atoms with van der Waals surface area (Å²) in [5, 5.41) is 3.23. The van der Waals surface area contributed by atoms with Gasteiger partial charge in [-0.25, -0.2) is 14.0 Å². The molecule has 0 saturated heterocycles. The third-order valence-electron chi connectivity index (χ3n) is 1.90. The quantitative estimate of drug-likeness (QED) is 0.286. The van der Waals surface area contributed by atoms with E-state index < -0.39 is 23.3 Å². The number of oxime groups is 1. The average molecular weight is 254 g/mol. The minimum Gasteiger partial charge on any atom is -0.465 e. The summed E-state index contributed by atoms with van der Waals surface area (Å²) < 4.78 is 17.9. The van der Waals surface area contributed by atoms with Crippen LogP contribution in [-0.2, 0) is 9.57 Å². The van der Waals surface area contributed by atoms with Gasteiger partial charge in [-0.05, 0) is 19.1 Å². The fraction of sp³-hybridized carbons (Fsp3) is 0.182. The highest BCUT2D eigenvalue weighted by Gasteiger charge is 2.23. The number of ether oxygens (including phenoxy) is 1. The summed E-state index contributed by atoms with van der Waals surface area (Å²) in [7, 11) is 1.08. The minimum atomic E-state index is -1.00. The number of benzene rings is 1. The molecule has 0 aromatic heterocycles. The van der Waals surface area contributed by atoms with E-state index in [0.717, 1.165) is 13.2 Å². The molecule has 0 radical (unpaired) electrons. The third kappa shape index (κ3) is 3.03. The van der Waals surface area contributed by atoms with Gasteiger partial charge in [0.25, 0.3) is 0 Å². The van der Waals surface area contributed by atoms with E-state index in [1.54, 1.807) is 0 Å². The Kier molecular flexibility index (Phi) is 4.36. The van der Waals surface area contributed by atoms with E-state index in [1.807, 2.05) is 0 Å². The smallest absolute Gasteiger partial charge is 0.366 e. The lowest BCUT2D eigenvalue weighted by Gasteiger charge is -2.06. The fourth-order valence-electron chi connectivity index (χ4n) is 1.17. The van der Waals surface area contributed by atoms with Crippen LogP contribution in [0.15, 0.2) is 23.4 Å². The van der Waals surface area contributed by atoms with Crippen LogP contribution in [-0.4, -0.2) is 24.9 Å². The maximum absolute atomic E-state index is 13.5. The first-order valence-corrected chi connectivity index (χ1v) is 4.85. The van der Waals surface area contributed by atoms with Gasteiger partial charge in [-0.15, -0.1) is 0 Å². The number of nitrogens with two attached hydrogens (primary N) is 1. The maximum Gasteiger partial charge on any atom is 0.366 e. The number of hydrogen-bond acceptors (Lipinski definition) is 5. The van der Waals surface area contributed by atoms with Crippen molar-refractivity contribution in [1.29, 1.82) is 0 Å². The Hall–Kier alpha value is -2.44. The molecule has 0 amide bonds. The monoisotopic (exact) mass is 254 g/mol. The summed E-state index contributed by atoms with van der Waals surface area (Å²) in [5.41, 5.74) is 4.39. The lowest BCUT2D eigenvalue weighted by atomic mass is 10.1. The summed E-state index contributed by atoms with van der Waals surface area (Å²) in [5.74, 6) is -2.85. The first-order chi connectivity index (χ1) is 8.47. The van der Waals surface area contributed by atoms with Crippen LogP contribution in [0.25, 0.3) is 0 Å². The van der Waals surface area contributed by atoms with Gasteiger partial charge in [-0.2, -0.15) is 0 Å². The topological polar surface area (TPSA) is 91.0 Å². The van der Waals surface area contributed by atoms with Gasteiger partial charge in [0.05, 0.1) is 12.7 Å². The van der Waals surface area contributed by atoms with Crippen molar-refractivity contribution in [3.8, 4) is 0 Å². The predicted molar refractivity (Wildman–Crippen MR) is 60.5 cm³/mol. The van der Waals surface area contributed by atoms with E-state index in [0.29, 0.717) is 0 Å². The van der Waals surface area contributed by atoms with Crippen LogP contribution in [0.3, 0.4) is 0 Å². The van der Waals surface area contributed by atoms with Gasteiger partial charge in [0.1, 0.15) is 17.2 Å². The number of esters is 1. The van der Waals surface area contributed by atoms with Gasteiger partial charge in [0.15, 0.2) is 0 Å². The van der Waals surface area contributed by atoms with E-state index in [9.17, 15) is 14.0 Å². The highest BCUT2D eigenvalue weighted by Crippen LogP contribution is 2.16. The molecule has 1 aromatic carbocycles. The molecule has 0 atom stereocenters. The molecular formula is C11H11FN2O4. The summed E-state index contributed by atoms with van der Waals surface area (Å²) in [6, 6.07) is 3.51.